The first-order chi connectivity index (χ1) is 10.1. The van der Waals surface area contributed by atoms with Crippen LogP contribution in [0.4, 0.5) is 0 Å². The van der Waals surface area contributed by atoms with Crippen molar-refractivity contribution in [3.8, 4) is 6.07 Å². The molecule has 4 heteroatoms. The standard InChI is InChI=1S/C17H17NO3/c1-12(19)16(17(20)21-15-7-2-3-8-15)10-13-5-4-6-14(9-13)11-18/h4-6,9-10,15H,2-3,7-8H2,1H3. The van der Waals surface area contributed by atoms with Crippen LogP contribution in [-0.4, -0.2) is 17.9 Å². The van der Waals surface area contributed by atoms with Gasteiger partial charge in [-0.25, -0.2) is 4.79 Å². The Morgan fingerprint density at radius 2 is 2.05 bits per heavy atom. The van der Waals surface area contributed by atoms with Crippen LogP contribution in [0.5, 0.6) is 0 Å². The molecular formula is C17H17NO3. The molecule has 1 aliphatic carbocycles. The fourth-order valence-corrected chi connectivity index (χ4v) is 2.39. The van der Waals surface area contributed by atoms with Gasteiger partial charge in [0.1, 0.15) is 11.7 Å². The number of nitrogens with zero attached hydrogens (tertiary/aromatic N) is 1. The monoisotopic (exact) mass is 283 g/mol. The first kappa shape index (κ1) is 15.0. The van der Waals surface area contributed by atoms with E-state index >= 15 is 0 Å². The Hall–Kier alpha value is -2.41. The number of ether oxygens (including phenoxy) is 1. The first-order valence-electron chi connectivity index (χ1n) is 7.04. The second kappa shape index (κ2) is 6.85. The lowest BCUT2D eigenvalue weighted by molar-refractivity contribution is -0.144. The number of hydrogen-bond donors (Lipinski definition) is 0. The predicted molar refractivity (Wildman–Crippen MR) is 78.2 cm³/mol. The molecule has 1 fully saturated rings. The number of benzene rings is 1. The van der Waals surface area contributed by atoms with Crippen molar-refractivity contribution in [2.24, 2.45) is 0 Å². The van der Waals surface area contributed by atoms with Crippen molar-refractivity contribution < 1.29 is 14.3 Å². The number of nitriles is 1. The number of carbonyl (C=O) groups is 2. The van der Waals surface area contributed by atoms with Crippen molar-refractivity contribution in [2.75, 3.05) is 0 Å². The van der Waals surface area contributed by atoms with Gasteiger partial charge in [0.25, 0.3) is 0 Å². The molecule has 0 radical (unpaired) electrons. The van der Waals surface area contributed by atoms with Crippen LogP contribution < -0.4 is 0 Å². The van der Waals surface area contributed by atoms with E-state index in [4.69, 9.17) is 10.00 Å². The van der Waals surface area contributed by atoms with Gasteiger partial charge >= 0.3 is 5.97 Å². The van der Waals surface area contributed by atoms with Crippen molar-refractivity contribution >= 4 is 17.8 Å². The molecule has 0 unspecified atom stereocenters. The van der Waals surface area contributed by atoms with Crippen LogP contribution in [0.25, 0.3) is 6.08 Å². The Labute approximate surface area is 124 Å². The van der Waals surface area contributed by atoms with Gasteiger partial charge in [-0.1, -0.05) is 12.1 Å². The fourth-order valence-electron chi connectivity index (χ4n) is 2.39. The highest BCUT2D eigenvalue weighted by molar-refractivity contribution is 6.19. The van der Waals surface area contributed by atoms with E-state index in [1.54, 1.807) is 24.3 Å². The Kier molecular flexibility index (Phi) is 4.89. The zero-order valence-corrected chi connectivity index (χ0v) is 12.0. The van der Waals surface area contributed by atoms with Crippen LogP contribution in [0.1, 0.15) is 43.7 Å². The minimum absolute atomic E-state index is 0.0250. The van der Waals surface area contributed by atoms with Crippen LogP contribution >= 0.6 is 0 Å². The first-order valence-corrected chi connectivity index (χ1v) is 7.04. The Morgan fingerprint density at radius 3 is 2.67 bits per heavy atom. The average molecular weight is 283 g/mol. The number of ketones is 1. The van der Waals surface area contributed by atoms with E-state index in [0.717, 1.165) is 25.7 Å². The van der Waals surface area contributed by atoms with E-state index in [9.17, 15) is 9.59 Å². The Morgan fingerprint density at radius 1 is 1.33 bits per heavy atom. The summed E-state index contributed by atoms with van der Waals surface area (Å²) in [6, 6.07) is 8.78. The summed E-state index contributed by atoms with van der Waals surface area (Å²) in [5, 5.41) is 8.87. The summed E-state index contributed by atoms with van der Waals surface area (Å²) in [4.78, 5) is 23.8. The topological polar surface area (TPSA) is 67.2 Å². The van der Waals surface area contributed by atoms with Crippen LogP contribution in [0.15, 0.2) is 29.8 Å². The second-order valence-corrected chi connectivity index (χ2v) is 5.16. The summed E-state index contributed by atoms with van der Waals surface area (Å²) in [6.45, 7) is 1.34. The SMILES string of the molecule is CC(=O)C(=Cc1cccc(C#N)c1)C(=O)OC1CCCC1. The molecule has 0 spiro atoms. The number of hydrogen-bond acceptors (Lipinski definition) is 4. The molecule has 2 rings (SSSR count). The maximum atomic E-state index is 12.1. The highest BCUT2D eigenvalue weighted by Crippen LogP contribution is 2.22. The van der Waals surface area contributed by atoms with Crippen molar-refractivity contribution in [2.45, 2.75) is 38.7 Å². The molecule has 108 valence electrons. The van der Waals surface area contributed by atoms with E-state index < -0.39 is 5.97 Å². The smallest absolute Gasteiger partial charge is 0.342 e. The highest BCUT2D eigenvalue weighted by atomic mass is 16.5. The molecule has 1 aliphatic rings. The molecule has 0 aromatic heterocycles. The van der Waals surface area contributed by atoms with Crippen molar-refractivity contribution in [1.82, 2.24) is 0 Å². The van der Waals surface area contributed by atoms with Gasteiger partial charge in [0, 0.05) is 0 Å². The summed E-state index contributed by atoms with van der Waals surface area (Å²) in [7, 11) is 0. The molecule has 4 nitrogen and oxygen atoms in total. The quantitative estimate of drug-likeness (QED) is 0.369. The molecule has 0 atom stereocenters. The van der Waals surface area contributed by atoms with Crippen LogP contribution in [-0.2, 0) is 14.3 Å². The van der Waals surface area contributed by atoms with Crippen LogP contribution in [0, 0.1) is 11.3 Å². The maximum Gasteiger partial charge on any atom is 0.342 e. The number of esters is 1. The Balaban J connectivity index is 2.20. The summed E-state index contributed by atoms with van der Waals surface area (Å²) < 4.78 is 5.37. The molecule has 1 saturated carbocycles. The minimum atomic E-state index is -0.572. The zero-order valence-electron chi connectivity index (χ0n) is 12.0. The van der Waals surface area contributed by atoms with Gasteiger partial charge in [0.2, 0.25) is 0 Å². The summed E-state index contributed by atoms with van der Waals surface area (Å²) >= 11 is 0. The van der Waals surface area contributed by atoms with E-state index in [0.29, 0.717) is 11.1 Å². The number of carbonyl (C=O) groups excluding carboxylic acids is 2. The van der Waals surface area contributed by atoms with E-state index in [-0.39, 0.29) is 17.5 Å². The van der Waals surface area contributed by atoms with Crippen molar-refractivity contribution in [3.05, 3.63) is 41.0 Å². The highest BCUT2D eigenvalue weighted by Gasteiger charge is 2.23. The lowest BCUT2D eigenvalue weighted by atomic mass is 10.1. The summed E-state index contributed by atoms with van der Waals surface area (Å²) in [6.07, 6.45) is 5.25. The van der Waals surface area contributed by atoms with Crippen LogP contribution in [0.3, 0.4) is 0 Å². The van der Waals surface area contributed by atoms with Gasteiger partial charge in [0.15, 0.2) is 5.78 Å². The average Bonchev–Trinajstić information content (AvgIpc) is 2.97. The lowest BCUT2D eigenvalue weighted by Crippen LogP contribution is -2.19. The summed E-state index contributed by atoms with van der Waals surface area (Å²) in [5.41, 5.74) is 1.15. The number of rotatable bonds is 4. The van der Waals surface area contributed by atoms with Gasteiger partial charge in [0.05, 0.1) is 11.6 Å². The molecule has 21 heavy (non-hydrogen) atoms. The van der Waals surface area contributed by atoms with E-state index in [1.165, 1.54) is 13.0 Å². The zero-order chi connectivity index (χ0) is 15.2. The molecule has 0 amide bonds. The van der Waals surface area contributed by atoms with Crippen LogP contribution in [0.2, 0.25) is 0 Å². The number of Topliss-reactive ketones (excluding diaryl/α,β-unsaturated/α-hetero) is 1. The van der Waals surface area contributed by atoms with Gasteiger partial charge in [-0.15, -0.1) is 0 Å². The Bertz CT molecular complexity index is 619. The molecule has 0 bridgehead atoms. The third kappa shape index (κ3) is 4.03. The van der Waals surface area contributed by atoms with Gasteiger partial charge < -0.3 is 4.74 Å². The van der Waals surface area contributed by atoms with Crippen molar-refractivity contribution in [1.29, 1.82) is 5.26 Å². The van der Waals surface area contributed by atoms with E-state index in [2.05, 4.69) is 0 Å². The molecule has 0 heterocycles. The fraction of sp³-hybridized carbons (Fsp3) is 0.353. The predicted octanol–water partition coefficient (Wildman–Crippen LogP) is 3.02. The van der Waals surface area contributed by atoms with Gasteiger partial charge in [-0.3, -0.25) is 4.79 Å². The minimum Gasteiger partial charge on any atom is -0.459 e. The molecule has 0 aliphatic heterocycles. The third-order valence-corrected chi connectivity index (χ3v) is 3.50. The second-order valence-electron chi connectivity index (χ2n) is 5.16. The molecule has 1 aromatic rings. The summed E-state index contributed by atoms with van der Waals surface area (Å²) in [5.74, 6) is -0.905. The van der Waals surface area contributed by atoms with Crippen molar-refractivity contribution in [3.63, 3.8) is 0 Å². The molecular weight excluding hydrogens is 266 g/mol. The van der Waals surface area contributed by atoms with Gasteiger partial charge in [-0.2, -0.15) is 5.26 Å². The maximum absolute atomic E-state index is 12.1. The van der Waals surface area contributed by atoms with E-state index in [1.807, 2.05) is 6.07 Å². The largest absolute Gasteiger partial charge is 0.459 e. The lowest BCUT2D eigenvalue weighted by Gasteiger charge is -2.12. The third-order valence-electron chi connectivity index (χ3n) is 3.50. The van der Waals surface area contributed by atoms with Gasteiger partial charge in [-0.05, 0) is 56.4 Å². The normalized spacial score (nSPS) is 15.5. The molecule has 0 N–H and O–H groups in total. The molecule has 1 aromatic carbocycles. The molecule has 0 saturated heterocycles.